The first-order valence-corrected chi connectivity index (χ1v) is 11.3. The fourth-order valence-corrected chi connectivity index (χ4v) is 4.41. The summed E-state index contributed by atoms with van der Waals surface area (Å²) >= 11 is 0. The van der Waals surface area contributed by atoms with Crippen LogP contribution in [0.4, 0.5) is 0 Å². The van der Waals surface area contributed by atoms with Crippen molar-refractivity contribution in [2.75, 3.05) is 19.6 Å². The third-order valence-electron chi connectivity index (χ3n) is 6.52. The molecule has 3 heterocycles. The molecule has 158 valence electrons. The Kier molecular flexibility index (Phi) is 6.18. The molecule has 1 aliphatic carbocycles. The van der Waals surface area contributed by atoms with Gasteiger partial charge in [-0.3, -0.25) is 4.79 Å². The zero-order valence-corrected chi connectivity index (χ0v) is 18.1. The van der Waals surface area contributed by atoms with Crippen LogP contribution in [0.25, 0.3) is 11.0 Å². The topological polar surface area (TPSA) is 60.2 Å². The van der Waals surface area contributed by atoms with E-state index in [1.165, 1.54) is 19.4 Å². The van der Waals surface area contributed by atoms with Crippen LogP contribution in [0.15, 0.2) is 12.1 Å². The molecule has 0 radical (unpaired) electrons. The molecule has 1 saturated heterocycles. The number of ketones is 1. The van der Waals surface area contributed by atoms with Gasteiger partial charge in [0.15, 0.2) is 11.4 Å². The average molecular weight is 399 g/mol. The number of Topliss-reactive ketones (excluding diaryl/α,β-unsaturated/α-hetero) is 1. The summed E-state index contributed by atoms with van der Waals surface area (Å²) in [5, 5.41) is 5.35. The van der Waals surface area contributed by atoms with Crippen LogP contribution in [0.5, 0.6) is 5.88 Å². The molecule has 2 aliphatic rings. The van der Waals surface area contributed by atoms with Gasteiger partial charge in [-0.15, -0.1) is 0 Å². The third-order valence-corrected chi connectivity index (χ3v) is 6.52. The van der Waals surface area contributed by atoms with Crippen LogP contribution in [0, 0.1) is 11.8 Å². The van der Waals surface area contributed by atoms with Gasteiger partial charge in [-0.2, -0.15) is 10.1 Å². The number of carbonyl (C=O) groups excluding carboxylic acids is 1. The van der Waals surface area contributed by atoms with E-state index in [0.29, 0.717) is 23.9 Å². The predicted molar refractivity (Wildman–Crippen MR) is 114 cm³/mol. The van der Waals surface area contributed by atoms with Gasteiger partial charge in [0.05, 0.1) is 11.5 Å². The van der Waals surface area contributed by atoms with Gasteiger partial charge in [0, 0.05) is 26.1 Å². The Bertz CT molecular complexity index is 846. The number of piperidine rings is 1. The van der Waals surface area contributed by atoms with Crippen LogP contribution in [0.3, 0.4) is 0 Å². The highest BCUT2D eigenvalue weighted by Crippen LogP contribution is 2.32. The second kappa shape index (κ2) is 8.82. The van der Waals surface area contributed by atoms with Crippen LogP contribution in [0.2, 0.25) is 0 Å². The normalized spacial score (nSPS) is 18.6. The molecule has 2 aromatic heterocycles. The molecule has 4 rings (SSSR count). The van der Waals surface area contributed by atoms with E-state index >= 15 is 0 Å². The number of fused-ring (bicyclic) bond motifs is 1. The molecular formula is C23H34N4O2. The van der Waals surface area contributed by atoms with E-state index in [9.17, 15) is 4.79 Å². The minimum absolute atomic E-state index is 0.145. The predicted octanol–water partition coefficient (Wildman–Crippen LogP) is 4.23. The Morgan fingerprint density at radius 2 is 1.86 bits per heavy atom. The molecule has 2 aromatic rings. The van der Waals surface area contributed by atoms with Crippen molar-refractivity contribution in [2.24, 2.45) is 18.9 Å². The van der Waals surface area contributed by atoms with Crippen LogP contribution in [-0.2, 0) is 7.05 Å². The minimum Gasteiger partial charge on any atom is -0.474 e. The number of nitrogens with zero attached hydrogens (tertiary/aromatic N) is 4. The van der Waals surface area contributed by atoms with Crippen molar-refractivity contribution >= 4 is 16.8 Å². The smallest absolute Gasteiger partial charge is 0.215 e. The van der Waals surface area contributed by atoms with E-state index in [0.717, 1.165) is 55.7 Å². The summed E-state index contributed by atoms with van der Waals surface area (Å²) in [5.41, 5.74) is 1.28. The van der Waals surface area contributed by atoms with Gasteiger partial charge in [-0.1, -0.05) is 13.8 Å². The number of aromatic nitrogens is 3. The molecule has 0 aromatic carbocycles. The van der Waals surface area contributed by atoms with Gasteiger partial charge < -0.3 is 9.64 Å². The molecule has 1 aliphatic heterocycles. The van der Waals surface area contributed by atoms with E-state index in [2.05, 4.69) is 28.8 Å². The van der Waals surface area contributed by atoms with Crippen molar-refractivity contribution in [3.8, 4) is 5.88 Å². The van der Waals surface area contributed by atoms with Crippen molar-refractivity contribution in [1.82, 2.24) is 19.7 Å². The summed E-state index contributed by atoms with van der Waals surface area (Å²) in [6.07, 6.45) is 7.71. The number of hydrogen-bond acceptors (Lipinski definition) is 5. The molecule has 29 heavy (non-hydrogen) atoms. The lowest BCUT2D eigenvalue weighted by Gasteiger charge is -2.31. The largest absolute Gasteiger partial charge is 0.474 e. The third kappa shape index (κ3) is 4.80. The maximum atomic E-state index is 13.0. The van der Waals surface area contributed by atoms with Crippen LogP contribution >= 0.6 is 0 Å². The number of ether oxygens (including phenoxy) is 1. The van der Waals surface area contributed by atoms with E-state index < -0.39 is 0 Å². The fraction of sp³-hybridized carbons (Fsp3) is 0.696. The summed E-state index contributed by atoms with van der Waals surface area (Å²) in [6, 6.07) is 3.81. The molecule has 0 amide bonds. The maximum Gasteiger partial charge on any atom is 0.215 e. The summed E-state index contributed by atoms with van der Waals surface area (Å²) in [6.45, 7) is 7.76. The zero-order chi connectivity index (χ0) is 20.4. The number of likely N-dealkylation sites (tertiary alicyclic amines) is 1. The van der Waals surface area contributed by atoms with Gasteiger partial charge in [-0.05, 0) is 69.5 Å². The van der Waals surface area contributed by atoms with E-state index in [1.807, 2.05) is 19.2 Å². The monoisotopic (exact) mass is 398 g/mol. The molecule has 0 bridgehead atoms. The van der Waals surface area contributed by atoms with Crippen LogP contribution in [0.1, 0.15) is 69.3 Å². The second-order valence-electron chi connectivity index (χ2n) is 8.86. The van der Waals surface area contributed by atoms with Gasteiger partial charge >= 0.3 is 0 Å². The molecule has 0 unspecified atom stereocenters. The van der Waals surface area contributed by atoms with Crippen LogP contribution in [-0.4, -0.2) is 51.2 Å². The van der Waals surface area contributed by atoms with Gasteiger partial charge in [0.2, 0.25) is 5.88 Å². The van der Waals surface area contributed by atoms with Crippen molar-refractivity contribution < 1.29 is 9.53 Å². The van der Waals surface area contributed by atoms with Crippen LogP contribution < -0.4 is 4.74 Å². The second-order valence-corrected chi connectivity index (χ2v) is 8.86. The summed E-state index contributed by atoms with van der Waals surface area (Å²) in [7, 11) is 1.85. The molecule has 0 atom stereocenters. The average Bonchev–Trinajstić information content (AvgIpc) is 3.49. The first kappa shape index (κ1) is 20.3. The van der Waals surface area contributed by atoms with Crippen molar-refractivity contribution in [3.05, 3.63) is 17.8 Å². The number of aryl methyl sites for hydroxylation is 1. The molecular weight excluding hydrogens is 364 g/mol. The first-order valence-electron chi connectivity index (χ1n) is 11.3. The molecule has 0 N–H and O–H groups in total. The zero-order valence-electron chi connectivity index (χ0n) is 18.1. The SMILES string of the molecule is CCC(CC)Oc1ccc2c(C(=O)CC3CCN(CC4CC4)CC3)nn(C)c2n1. The minimum atomic E-state index is 0.145. The summed E-state index contributed by atoms with van der Waals surface area (Å²) in [4.78, 5) is 20.2. The lowest BCUT2D eigenvalue weighted by Crippen LogP contribution is -2.35. The first-order chi connectivity index (χ1) is 14.1. The van der Waals surface area contributed by atoms with E-state index in [1.54, 1.807) is 4.68 Å². The lowest BCUT2D eigenvalue weighted by molar-refractivity contribution is 0.0922. The van der Waals surface area contributed by atoms with E-state index in [-0.39, 0.29) is 11.9 Å². The Balaban J connectivity index is 1.41. The number of carbonyl (C=O) groups is 1. The Morgan fingerprint density at radius 3 is 2.52 bits per heavy atom. The quantitative estimate of drug-likeness (QED) is 0.592. The standard InChI is InChI=1S/C23H34N4O2/c1-4-18(5-2)29-21-9-8-19-22(25-26(3)23(19)24-21)20(28)14-16-10-12-27(13-11-16)15-17-6-7-17/h8-9,16-18H,4-7,10-15H2,1-3H3. The molecule has 6 heteroatoms. The highest BCUT2D eigenvalue weighted by atomic mass is 16.5. The van der Waals surface area contributed by atoms with Crippen molar-refractivity contribution in [2.45, 2.75) is 64.9 Å². The lowest BCUT2D eigenvalue weighted by atomic mass is 9.90. The molecule has 0 spiro atoms. The Morgan fingerprint density at radius 1 is 1.14 bits per heavy atom. The summed E-state index contributed by atoms with van der Waals surface area (Å²) < 4.78 is 7.68. The van der Waals surface area contributed by atoms with E-state index in [4.69, 9.17) is 4.74 Å². The number of hydrogen-bond donors (Lipinski definition) is 0. The van der Waals surface area contributed by atoms with Gasteiger partial charge in [0.1, 0.15) is 5.69 Å². The van der Waals surface area contributed by atoms with Gasteiger partial charge in [-0.25, -0.2) is 4.68 Å². The molecule has 6 nitrogen and oxygen atoms in total. The maximum absolute atomic E-state index is 13.0. The Labute approximate surface area is 173 Å². The van der Waals surface area contributed by atoms with Crippen molar-refractivity contribution in [3.63, 3.8) is 0 Å². The number of pyridine rings is 1. The molecule has 2 fully saturated rings. The fourth-order valence-electron chi connectivity index (χ4n) is 4.41. The molecule has 1 saturated carbocycles. The number of rotatable bonds is 9. The highest BCUT2D eigenvalue weighted by Gasteiger charge is 2.28. The van der Waals surface area contributed by atoms with Gasteiger partial charge in [0.25, 0.3) is 0 Å². The Hall–Kier alpha value is -1.95. The summed E-state index contributed by atoms with van der Waals surface area (Å²) in [5.74, 6) is 2.17. The van der Waals surface area contributed by atoms with Crippen molar-refractivity contribution in [1.29, 1.82) is 0 Å². The highest BCUT2D eigenvalue weighted by molar-refractivity contribution is 6.05.